The monoisotopic (exact) mass is 286 g/mol. The standard InChI is InChI=1S/C13H19FN2O2S/c1-9-2-4-11(6-9)16-19(17,18)13-5-3-10(8-15)7-12(13)14/h3,5,7,9,11,16H,2,4,6,8,15H2,1H3. The molecule has 0 saturated heterocycles. The smallest absolute Gasteiger partial charge is 0.243 e. The van der Waals surface area contributed by atoms with E-state index in [0.29, 0.717) is 11.5 Å². The quantitative estimate of drug-likeness (QED) is 0.885. The summed E-state index contributed by atoms with van der Waals surface area (Å²) in [5.41, 5.74) is 5.97. The van der Waals surface area contributed by atoms with E-state index in [9.17, 15) is 12.8 Å². The van der Waals surface area contributed by atoms with Crippen molar-refractivity contribution in [3.05, 3.63) is 29.6 Å². The van der Waals surface area contributed by atoms with Crippen molar-refractivity contribution in [2.75, 3.05) is 0 Å². The molecule has 1 aromatic rings. The Morgan fingerprint density at radius 3 is 2.68 bits per heavy atom. The summed E-state index contributed by atoms with van der Waals surface area (Å²) in [6.07, 6.45) is 2.62. The van der Waals surface area contributed by atoms with Gasteiger partial charge < -0.3 is 5.73 Å². The highest BCUT2D eigenvalue weighted by Crippen LogP contribution is 2.26. The predicted molar refractivity (Wildman–Crippen MR) is 71.4 cm³/mol. The minimum Gasteiger partial charge on any atom is -0.326 e. The zero-order chi connectivity index (χ0) is 14.0. The fourth-order valence-electron chi connectivity index (χ4n) is 2.49. The van der Waals surface area contributed by atoms with E-state index in [0.717, 1.165) is 19.3 Å². The summed E-state index contributed by atoms with van der Waals surface area (Å²) >= 11 is 0. The van der Waals surface area contributed by atoms with Gasteiger partial charge in [-0.05, 0) is 42.9 Å². The van der Waals surface area contributed by atoms with Crippen LogP contribution >= 0.6 is 0 Å². The molecule has 1 fully saturated rings. The number of nitrogens with two attached hydrogens (primary N) is 1. The van der Waals surface area contributed by atoms with Gasteiger partial charge in [-0.25, -0.2) is 17.5 Å². The zero-order valence-electron chi connectivity index (χ0n) is 10.9. The number of hydrogen-bond acceptors (Lipinski definition) is 3. The van der Waals surface area contributed by atoms with Gasteiger partial charge in [-0.2, -0.15) is 0 Å². The molecule has 1 aromatic carbocycles. The van der Waals surface area contributed by atoms with E-state index in [4.69, 9.17) is 5.73 Å². The van der Waals surface area contributed by atoms with Crippen molar-refractivity contribution in [1.82, 2.24) is 4.72 Å². The van der Waals surface area contributed by atoms with Gasteiger partial charge in [-0.1, -0.05) is 13.0 Å². The molecule has 0 aromatic heterocycles. The Hall–Kier alpha value is -0.980. The number of benzene rings is 1. The van der Waals surface area contributed by atoms with Crippen LogP contribution < -0.4 is 10.5 Å². The van der Waals surface area contributed by atoms with Crippen molar-refractivity contribution >= 4 is 10.0 Å². The first-order valence-corrected chi connectivity index (χ1v) is 7.91. The van der Waals surface area contributed by atoms with Gasteiger partial charge in [0.05, 0.1) is 0 Å². The van der Waals surface area contributed by atoms with Gasteiger partial charge in [0, 0.05) is 12.6 Å². The highest BCUT2D eigenvalue weighted by molar-refractivity contribution is 7.89. The molecular formula is C13H19FN2O2S. The number of hydrogen-bond donors (Lipinski definition) is 2. The second-order valence-corrected chi connectivity index (χ2v) is 6.89. The molecule has 2 atom stereocenters. The van der Waals surface area contributed by atoms with Gasteiger partial charge in [-0.15, -0.1) is 0 Å². The van der Waals surface area contributed by atoms with E-state index in [-0.39, 0.29) is 17.5 Å². The van der Waals surface area contributed by atoms with Crippen LogP contribution in [-0.4, -0.2) is 14.5 Å². The summed E-state index contributed by atoms with van der Waals surface area (Å²) < 4.78 is 40.7. The summed E-state index contributed by atoms with van der Waals surface area (Å²) in [4.78, 5) is -0.302. The van der Waals surface area contributed by atoms with Gasteiger partial charge in [-0.3, -0.25) is 0 Å². The van der Waals surface area contributed by atoms with Crippen molar-refractivity contribution in [1.29, 1.82) is 0 Å². The predicted octanol–water partition coefficient (Wildman–Crippen LogP) is 1.75. The zero-order valence-corrected chi connectivity index (χ0v) is 11.7. The van der Waals surface area contributed by atoms with Crippen molar-refractivity contribution in [2.45, 2.75) is 43.7 Å². The average Bonchev–Trinajstić information content (AvgIpc) is 2.73. The minimum atomic E-state index is -3.79. The van der Waals surface area contributed by atoms with Gasteiger partial charge in [0.2, 0.25) is 10.0 Å². The molecule has 3 N–H and O–H groups in total. The summed E-state index contributed by atoms with van der Waals surface area (Å²) in [6, 6.07) is 3.90. The van der Waals surface area contributed by atoms with E-state index >= 15 is 0 Å². The summed E-state index contributed by atoms with van der Waals surface area (Å²) in [6.45, 7) is 2.27. The van der Waals surface area contributed by atoms with Crippen LogP contribution in [-0.2, 0) is 16.6 Å². The van der Waals surface area contributed by atoms with E-state index in [1.165, 1.54) is 18.2 Å². The van der Waals surface area contributed by atoms with Crippen molar-refractivity contribution in [3.63, 3.8) is 0 Å². The van der Waals surface area contributed by atoms with Gasteiger partial charge >= 0.3 is 0 Å². The van der Waals surface area contributed by atoms with Crippen molar-refractivity contribution in [2.24, 2.45) is 11.7 Å². The summed E-state index contributed by atoms with van der Waals surface area (Å²) in [7, 11) is -3.79. The maximum Gasteiger partial charge on any atom is 0.243 e. The lowest BCUT2D eigenvalue weighted by Crippen LogP contribution is -2.33. The number of nitrogens with one attached hydrogen (secondary N) is 1. The lowest BCUT2D eigenvalue weighted by molar-refractivity contribution is 0.527. The second-order valence-electron chi connectivity index (χ2n) is 5.21. The number of sulfonamides is 1. The molecule has 1 aliphatic rings. The van der Waals surface area contributed by atoms with Crippen molar-refractivity contribution in [3.8, 4) is 0 Å². The molecule has 106 valence electrons. The first-order chi connectivity index (χ1) is 8.92. The highest BCUT2D eigenvalue weighted by atomic mass is 32.2. The molecule has 4 nitrogen and oxygen atoms in total. The molecule has 0 radical (unpaired) electrons. The molecule has 2 unspecified atom stereocenters. The van der Waals surface area contributed by atoms with E-state index < -0.39 is 15.8 Å². The SMILES string of the molecule is CC1CCC(NS(=O)(=O)c2ccc(CN)cc2F)C1. The van der Waals surface area contributed by atoms with Crippen LogP contribution in [0.4, 0.5) is 4.39 Å². The van der Waals surface area contributed by atoms with Crippen LogP contribution in [0.15, 0.2) is 23.1 Å². The van der Waals surface area contributed by atoms with E-state index in [1.54, 1.807) is 0 Å². The van der Waals surface area contributed by atoms with E-state index in [2.05, 4.69) is 11.6 Å². The second kappa shape index (κ2) is 5.56. The fraction of sp³-hybridized carbons (Fsp3) is 0.538. The minimum absolute atomic E-state index is 0.0893. The van der Waals surface area contributed by atoms with Gasteiger partial charge in [0.25, 0.3) is 0 Å². The van der Waals surface area contributed by atoms with Crippen LogP contribution in [0.2, 0.25) is 0 Å². The average molecular weight is 286 g/mol. The molecule has 1 aliphatic carbocycles. The lowest BCUT2D eigenvalue weighted by Gasteiger charge is -2.13. The van der Waals surface area contributed by atoms with Gasteiger partial charge in [0.1, 0.15) is 10.7 Å². The molecule has 6 heteroatoms. The van der Waals surface area contributed by atoms with Crippen LogP contribution in [0, 0.1) is 11.7 Å². The summed E-state index contributed by atoms with van der Waals surface area (Å²) in [5.74, 6) is -0.237. The van der Waals surface area contributed by atoms with Crippen LogP contribution in [0.1, 0.15) is 31.7 Å². The third kappa shape index (κ3) is 3.32. The Labute approximate surface area is 113 Å². The lowest BCUT2D eigenvalue weighted by atomic mass is 10.1. The maximum absolute atomic E-state index is 13.8. The first-order valence-electron chi connectivity index (χ1n) is 6.43. The molecule has 19 heavy (non-hydrogen) atoms. The molecule has 0 spiro atoms. The van der Waals surface area contributed by atoms with Gasteiger partial charge in [0.15, 0.2) is 0 Å². The maximum atomic E-state index is 13.8. The topological polar surface area (TPSA) is 72.2 Å². The van der Waals surface area contributed by atoms with E-state index in [1.807, 2.05) is 0 Å². The number of halogens is 1. The normalized spacial score (nSPS) is 23.7. The third-order valence-corrected chi connectivity index (χ3v) is 5.09. The fourth-order valence-corrected chi connectivity index (χ4v) is 3.83. The first kappa shape index (κ1) is 14.4. The Morgan fingerprint density at radius 2 is 2.16 bits per heavy atom. The largest absolute Gasteiger partial charge is 0.326 e. The van der Waals surface area contributed by atoms with Crippen LogP contribution in [0.3, 0.4) is 0 Å². The van der Waals surface area contributed by atoms with Crippen LogP contribution in [0.25, 0.3) is 0 Å². The Balaban J connectivity index is 2.19. The molecule has 1 saturated carbocycles. The molecule has 0 heterocycles. The molecule has 0 amide bonds. The third-order valence-electron chi connectivity index (χ3n) is 3.54. The molecule has 0 bridgehead atoms. The summed E-state index contributed by atoms with van der Waals surface area (Å²) in [5, 5.41) is 0. The molecule has 0 aliphatic heterocycles. The Kier molecular flexibility index (Phi) is 4.23. The van der Waals surface area contributed by atoms with Crippen LogP contribution in [0.5, 0.6) is 0 Å². The van der Waals surface area contributed by atoms with Crippen molar-refractivity contribution < 1.29 is 12.8 Å². The molecule has 2 rings (SSSR count). The Morgan fingerprint density at radius 1 is 1.42 bits per heavy atom. The molecular weight excluding hydrogens is 267 g/mol. The highest BCUT2D eigenvalue weighted by Gasteiger charge is 2.28. The Bertz CT molecular complexity index is 560. The number of rotatable bonds is 4.